The van der Waals surface area contributed by atoms with Gasteiger partial charge in [-0.3, -0.25) is 0 Å². The molecular weight excluding hydrogens is 288 g/mol. The predicted octanol–water partition coefficient (Wildman–Crippen LogP) is 0.633. The van der Waals surface area contributed by atoms with Crippen molar-refractivity contribution >= 4 is 19.7 Å². The summed E-state index contributed by atoms with van der Waals surface area (Å²) in [7, 11) is -6.22. The molecule has 0 aromatic rings. The lowest BCUT2D eigenvalue weighted by Gasteiger charge is -2.23. The maximum absolute atomic E-state index is 12.0. The van der Waals surface area contributed by atoms with Crippen LogP contribution in [0.5, 0.6) is 0 Å². The van der Waals surface area contributed by atoms with E-state index in [4.69, 9.17) is 0 Å². The van der Waals surface area contributed by atoms with Gasteiger partial charge in [0.15, 0.2) is 19.7 Å². The first-order chi connectivity index (χ1) is 8.48. The third-order valence-electron chi connectivity index (χ3n) is 3.86. The number of aliphatic hydroxyl groups is 1. The van der Waals surface area contributed by atoms with Crippen LogP contribution >= 0.6 is 0 Å². The summed E-state index contributed by atoms with van der Waals surface area (Å²) in [4.78, 5) is 0. The summed E-state index contributed by atoms with van der Waals surface area (Å²) < 4.78 is 46.1. The van der Waals surface area contributed by atoms with E-state index in [-0.39, 0.29) is 35.7 Å². The van der Waals surface area contributed by atoms with Crippen molar-refractivity contribution in [2.45, 2.75) is 38.4 Å². The average molecular weight is 312 g/mol. The van der Waals surface area contributed by atoms with E-state index >= 15 is 0 Å². The molecule has 2 atom stereocenters. The van der Waals surface area contributed by atoms with Crippen molar-refractivity contribution < 1.29 is 21.9 Å². The molecule has 0 aromatic heterocycles. The fourth-order valence-corrected chi connectivity index (χ4v) is 5.43. The highest BCUT2D eigenvalue weighted by Crippen LogP contribution is 2.29. The zero-order valence-electron chi connectivity index (χ0n) is 11.8. The van der Waals surface area contributed by atoms with Crippen molar-refractivity contribution in [1.82, 2.24) is 0 Å². The molecule has 0 aliphatic carbocycles. The number of aliphatic hydroxyl groups excluding tert-OH is 1. The molecule has 1 fully saturated rings. The molecule has 0 radical (unpaired) electrons. The Morgan fingerprint density at radius 2 is 1.89 bits per heavy atom. The number of hydrogen-bond acceptors (Lipinski definition) is 5. The molecule has 0 amide bonds. The van der Waals surface area contributed by atoms with Crippen LogP contribution in [0.2, 0.25) is 0 Å². The van der Waals surface area contributed by atoms with Gasteiger partial charge in [-0.2, -0.15) is 0 Å². The van der Waals surface area contributed by atoms with Crippen LogP contribution in [0, 0.1) is 11.8 Å². The van der Waals surface area contributed by atoms with Crippen LogP contribution in [0.1, 0.15) is 33.6 Å². The summed E-state index contributed by atoms with van der Waals surface area (Å²) >= 11 is 0. The molecule has 1 heterocycles. The first-order valence-corrected chi connectivity index (χ1v) is 9.99. The topological polar surface area (TPSA) is 88.5 Å². The Morgan fingerprint density at radius 1 is 1.32 bits per heavy atom. The lowest BCUT2D eigenvalue weighted by molar-refractivity contribution is 0.181. The maximum Gasteiger partial charge on any atom is 0.155 e. The fourth-order valence-electron chi connectivity index (χ4n) is 2.28. The van der Waals surface area contributed by atoms with Crippen LogP contribution in [0.3, 0.4) is 0 Å². The molecule has 7 heteroatoms. The summed E-state index contributed by atoms with van der Waals surface area (Å²) in [6.45, 7) is 4.79. The standard InChI is InChI=1S/C12H24O5S2/c1-12(2,3)19(16,17)7-5-10(8-13)11-4-6-18(14,15)9-11/h10-11,13H,4-9H2,1-3H3. The van der Waals surface area contributed by atoms with Gasteiger partial charge >= 0.3 is 0 Å². The van der Waals surface area contributed by atoms with E-state index in [0.29, 0.717) is 12.8 Å². The molecule has 19 heavy (non-hydrogen) atoms. The number of hydrogen-bond donors (Lipinski definition) is 1. The summed E-state index contributed by atoms with van der Waals surface area (Å²) in [6.07, 6.45) is 0.861. The van der Waals surface area contributed by atoms with E-state index in [1.54, 1.807) is 20.8 Å². The highest BCUT2D eigenvalue weighted by Gasteiger charge is 2.35. The van der Waals surface area contributed by atoms with Crippen LogP contribution in [-0.4, -0.2) is 50.6 Å². The van der Waals surface area contributed by atoms with E-state index in [1.807, 2.05) is 0 Å². The Bertz CT molecular complexity index is 499. The smallest absolute Gasteiger partial charge is 0.155 e. The molecule has 0 spiro atoms. The van der Waals surface area contributed by atoms with Gasteiger partial charge in [0.25, 0.3) is 0 Å². The van der Waals surface area contributed by atoms with Crippen LogP contribution in [0.4, 0.5) is 0 Å². The molecule has 1 aliphatic rings. The predicted molar refractivity (Wildman–Crippen MR) is 75.5 cm³/mol. The SMILES string of the molecule is CC(C)(C)S(=O)(=O)CCC(CO)C1CCS(=O)(=O)C1. The van der Waals surface area contributed by atoms with Gasteiger partial charge in [-0.15, -0.1) is 0 Å². The Kier molecular flexibility index (Phi) is 5.07. The second-order valence-electron chi connectivity index (χ2n) is 6.33. The van der Waals surface area contributed by atoms with E-state index in [2.05, 4.69) is 0 Å². The third kappa shape index (κ3) is 4.43. The summed E-state index contributed by atoms with van der Waals surface area (Å²) in [6, 6.07) is 0. The van der Waals surface area contributed by atoms with Crippen molar-refractivity contribution in [3.05, 3.63) is 0 Å². The Balaban J connectivity index is 2.65. The average Bonchev–Trinajstić information content (AvgIpc) is 2.58. The summed E-state index contributed by atoms with van der Waals surface area (Å²) in [5.41, 5.74) is 0. The minimum atomic E-state index is -3.22. The van der Waals surface area contributed by atoms with Crippen molar-refractivity contribution in [2.75, 3.05) is 23.9 Å². The molecular formula is C12H24O5S2. The first kappa shape index (κ1) is 16.9. The highest BCUT2D eigenvalue weighted by molar-refractivity contribution is 7.92. The molecule has 1 N–H and O–H groups in total. The van der Waals surface area contributed by atoms with Gasteiger partial charge in [0.05, 0.1) is 22.0 Å². The quantitative estimate of drug-likeness (QED) is 0.804. The van der Waals surface area contributed by atoms with Crippen molar-refractivity contribution in [3.8, 4) is 0 Å². The zero-order chi connectivity index (χ0) is 14.9. The Hall–Kier alpha value is -0.140. The second-order valence-corrected chi connectivity index (χ2v) is 11.4. The molecule has 5 nitrogen and oxygen atoms in total. The molecule has 0 bridgehead atoms. The lowest BCUT2D eigenvalue weighted by atomic mass is 9.90. The third-order valence-corrected chi connectivity index (χ3v) is 8.29. The minimum absolute atomic E-state index is 0.00171. The van der Waals surface area contributed by atoms with Crippen LogP contribution in [0.25, 0.3) is 0 Å². The number of sulfone groups is 2. The minimum Gasteiger partial charge on any atom is -0.396 e. The van der Waals surface area contributed by atoms with Gasteiger partial charge in [-0.25, -0.2) is 16.8 Å². The maximum atomic E-state index is 12.0. The second kappa shape index (κ2) is 5.69. The Morgan fingerprint density at radius 3 is 2.26 bits per heavy atom. The number of rotatable bonds is 5. The van der Waals surface area contributed by atoms with Gasteiger partial charge in [-0.05, 0) is 45.4 Å². The van der Waals surface area contributed by atoms with Crippen LogP contribution in [-0.2, 0) is 19.7 Å². The van der Waals surface area contributed by atoms with E-state index in [9.17, 15) is 21.9 Å². The van der Waals surface area contributed by atoms with Gasteiger partial charge in [0, 0.05) is 6.61 Å². The zero-order valence-corrected chi connectivity index (χ0v) is 13.4. The van der Waals surface area contributed by atoms with Gasteiger partial charge in [0.1, 0.15) is 0 Å². The monoisotopic (exact) mass is 312 g/mol. The summed E-state index contributed by atoms with van der Waals surface area (Å²) in [5, 5.41) is 9.37. The lowest BCUT2D eigenvalue weighted by Crippen LogP contribution is -2.32. The highest BCUT2D eigenvalue weighted by atomic mass is 32.2. The Labute approximate surface area is 116 Å². The molecule has 1 rings (SSSR count). The van der Waals surface area contributed by atoms with Gasteiger partial charge in [0.2, 0.25) is 0 Å². The van der Waals surface area contributed by atoms with Gasteiger partial charge < -0.3 is 5.11 Å². The van der Waals surface area contributed by atoms with Gasteiger partial charge in [-0.1, -0.05) is 0 Å². The van der Waals surface area contributed by atoms with Crippen molar-refractivity contribution in [1.29, 1.82) is 0 Å². The van der Waals surface area contributed by atoms with Crippen LogP contribution in [0.15, 0.2) is 0 Å². The first-order valence-electron chi connectivity index (χ1n) is 6.52. The summed E-state index contributed by atoms with van der Waals surface area (Å²) in [5.74, 6) is -0.119. The van der Waals surface area contributed by atoms with E-state index < -0.39 is 24.4 Å². The van der Waals surface area contributed by atoms with Crippen LogP contribution < -0.4 is 0 Å². The molecule has 114 valence electrons. The van der Waals surface area contributed by atoms with Crippen molar-refractivity contribution in [2.24, 2.45) is 11.8 Å². The van der Waals surface area contributed by atoms with Crippen molar-refractivity contribution in [3.63, 3.8) is 0 Å². The van der Waals surface area contributed by atoms with E-state index in [0.717, 1.165) is 0 Å². The molecule has 1 aliphatic heterocycles. The molecule has 0 aromatic carbocycles. The fraction of sp³-hybridized carbons (Fsp3) is 1.00. The molecule has 2 unspecified atom stereocenters. The normalized spacial score (nSPS) is 25.4. The molecule has 0 saturated carbocycles. The largest absolute Gasteiger partial charge is 0.396 e. The van der Waals surface area contributed by atoms with E-state index in [1.165, 1.54) is 0 Å². The molecule has 1 saturated heterocycles.